The molecule has 5 rings (SSSR count). The first-order chi connectivity index (χ1) is 21.5. The zero-order chi connectivity index (χ0) is 32.4. The number of aryl methyl sites for hydroxylation is 1. The largest absolute Gasteiger partial charge is 0.490 e. The number of anilines is 1. The van der Waals surface area contributed by atoms with Gasteiger partial charge in [0.2, 0.25) is 10.0 Å². The van der Waals surface area contributed by atoms with Gasteiger partial charge >= 0.3 is 0 Å². The molecule has 0 radical (unpaired) electrons. The Morgan fingerprint density at radius 1 is 1.27 bits per heavy atom. The minimum atomic E-state index is -3.79. The van der Waals surface area contributed by atoms with Crippen molar-refractivity contribution in [1.82, 2.24) is 4.72 Å². The summed E-state index contributed by atoms with van der Waals surface area (Å²) in [7, 11) is -2.05. The van der Waals surface area contributed by atoms with Crippen LogP contribution < -0.4 is 14.4 Å². The maximum atomic E-state index is 13.2. The predicted molar refractivity (Wildman–Crippen MR) is 181 cm³/mol. The lowest BCUT2D eigenvalue weighted by atomic mass is 9.64. The van der Waals surface area contributed by atoms with E-state index in [1.807, 2.05) is 13.0 Å². The van der Waals surface area contributed by atoms with Crippen LogP contribution in [0.15, 0.2) is 48.6 Å². The summed E-state index contributed by atoms with van der Waals surface area (Å²) in [4.78, 5) is 15.6. The molecule has 9 heteroatoms. The average Bonchev–Trinajstić information content (AvgIpc) is 3.14. The summed E-state index contributed by atoms with van der Waals surface area (Å²) in [6.07, 6.45) is 10.1. The molecule has 4 atom stereocenters. The third-order valence-electron chi connectivity index (χ3n) is 9.84. The minimum absolute atomic E-state index is 0.196. The van der Waals surface area contributed by atoms with E-state index in [0.29, 0.717) is 18.9 Å². The summed E-state index contributed by atoms with van der Waals surface area (Å²) >= 11 is 6.43. The van der Waals surface area contributed by atoms with Gasteiger partial charge in [-0.15, -0.1) is 5.92 Å². The zero-order valence-electron chi connectivity index (χ0n) is 27.0. The second-order valence-electron chi connectivity index (χ2n) is 12.9. The van der Waals surface area contributed by atoms with Gasteiger partial charge in [0.1, 0.15) is 11.4 Å². The number of rotatable bonds is 9. The van der Waals surface area contributed by atoms with Crippen molar-refractivity contribution < 1.29 is 22.7 Å². The number of hydrogen-bond acceptors (Lipinski definition) is 6. The quantitative estimate of drug-likeness (QED) is 0.240. The highest BCUT2D eigenvalue weighted by Gasteiger charge is 2.48. The summed E-state index contributed by atoms with van der Waals surface area (Å²) in [6, 6.07) is 11.4. The molecule has 0 saturated heterocycles. The molecule has 45 heavy (non-hydrogen) atoms. The highest BCUT2D eigenvalue weighted by atomic mass is 35.5. The molecule has 0 unspecified atom stereocenters. The van der Waals surface area contributed by atoms with Gasteiger partial charge in [-0.2, -0.15) is 0 Å². The maximum Gasteiger partial charge on any atom is 0.264 e. The second-order valence-corrected chi connectivity index (χ2v) is 15.6. The van der Waals surface area contributed by atoms with Crippen molar-refractivity contribution in [2.24, 2.45) is 11.8 Å². The smallest absolute Gasteiger partial charge is 0.264 e. The van der Waals surface area contributed by atoms with E-state index in [1.165, 1.54) is 11.1 Å². The normalized spacial score (nSPS) is 24.0. The number of nitrogens with zero attached hydrogens (tertiary/aromatic N) is 1. The number of benzene rings is 2. The highest BCUT2D eigenvalue weighted by molar-refractivity contribution is 7.90. The Bertz CT molecular complexity index is 1630. The molecule has 1 aliphatic heterocycles. The van der Waals surface area contributed by atoms with Crippen molar-refractivity contribution in [2.45, 2.75) is 82.5 Å². The number of amides is 1. The van der Waals surface area contributed by atoms with E-state index in [9.17, 15) is 13.2 Å². The molecule has 242 valence electrons. The molecule has 2 aromatic rings. The summed E-state index contributed by atoms with van der Waals surface area (Å²) in [5.74, 6) is 7.01. The van der Waals surface area contributed by atoms with Gasteiger partial charge in [0.15, 0.2) is 0 Å². The maximum absolute atomic E-state index is 13.2. The van der Waals surface area contributed by atoms with E-state index in [2.05, 4.69) is 52.7 Å². The first kappa shape index (κ1) is 33.4. The third-order valence-corrected chi connectivity index (χ3v) is 11.8. The molecule has 2 aliphatic carbocycles. The van der Waals surface area contributed by atoms with Gasteiger partial charge in [-0.25, -0.2) is 13.1 Å². The van der Waals surface area contributed by atoms with Crippen LogP contribution in [0.5, 0.6) is 5.75 Å². The number of carbonyl (C=O) groups is 1. The summed E-state index contributed by atoms with van der Waals surface area (Å²) in [6.45, 7) is 8.96. The standard InChI is InChI=1S/C36H45ClN2O5S/c1-6-8-19-36(43-5,17-7-2)31-14-11-28(31)22-39-23-35(18-9-10-26-20-29(37)13-15-30(26)35)24-44-33-16-12-27(21-32(33)39)34(40)38-45(41,42)25(3)4/h8,12-13,15-16,19-21,25,28,31H,6,9-11,14,18,22-24H2,1-5H3,(H,38,40)/b19-8+/t28-,31+,35-,36-/m0/s1. The Morgan fingerprint density at radius 3 is 2.73 bits per heavy atom. The first-order valence-electron chi connectivity index (χ1n) is 16.0. The van der Waals surface area contributed by atoms with E-state index in [1.54, 1.807) is 39.2 Å². The SMILES string of the molecule is CC#C[C@@](/C=C/CC)(OC)[C@@H]1CC[C@H]1CN1C[C@@]2(CCCc3cc(Cl)ccc32)COc2ccc(C(=O)NS(=O)(=O)C(C)C)cc21. The monoisotopic (exact) mass is 652 g/mol. The van der Waals surface area contributed by atoms with Gasteiger partial charge in [-0.3, -0.25) is 4.79 Å². The van der Waals surface area contributed by atoms with Gasteiger partial charge in [0.05, 0.1) is 17.5 Å². The Labute approximate surface area is 273 Å². The summed E-state index contributed by atoms with van der Waals surface area (Å²) in [5, 5.41) is 0.00397. The van der Waals surface area contributed by atoms with Gasteiger partial charge in [0.25, 0.3) is 5.91 Å². The molecule has 1 saturated carbocycles. The fraction of sp³-hybridized carbons (Fsp3) is 0.528. The zero-order valence-corrected chi connectivity index (χ0v) is 28.6. The molecule has 0 aromatic heterocycles. The third kappa shape index (κ3) is 6.63. The van der Waals surface area contributed by atoms with Gasteiger partial charge in [-0.1, -0.05) is 36.6 Å². The lowest BCUT2D eigenvalue weighted by Crippen LogP contribution is -2.52. The second kappa shape index (κ2) is 13.4. The number of fused-ring (bicyclic) bond motifs is 3. The van der Waals surface area contributed by atoms with Crippen molar-refractivity contribution in [3.05, 3.63) is 70.3 Å². The van der Waals surface area contributed by atoms with Crippen molar-refractivity contribution in [2.75, 3.05) is 31.7 Å². The average molecular weight is 653 g/mol. The van der Waals surface area contributed by atoms with Crippen molar-refractivity contribution >= 4 is 33.2 Å². The van der Waals surface area contributed by atoms with Crippen molar-refractivity contribution in [3.63, 3.8) is 0 Å². The molecule has 1 heterocycles. The fourth-order valence-corrected chi connectivity index (χ4v) is 8.02. The van der Waals surface area contributed by atoms with Crippen LogP contribution in [0.2, 0.25) is 5.02 Å². The van der Waals surface area contributed by atoms with E-state index >= 15 is 0 Å². The summed E-state index contributed by atoms with van der Waals surface area (Å²) in [5.41, 5.74) is 2.64. The van der Waals surface area contributed by atoms with Crippen molar-refractivity contribution in [1.29, 1.82) is 0 Å². The van der Waals surface area contributed by atoms with E-state index in [0.717, 1.165) is 55.8 Å². The number of hydrogen-bond donors (Lipinski definition) is 1. The molecular weight excluding hydrogens is 608 g/mol. The molecule has 0 bridgehead atoms. The fourth-order valence-electron chi connectivity index (χ4n) is 7.21. The van der Waals surface area contributed by atoms with Crippen LogP contribution in [0.4, 0.5) is 5.69 Å². The lowest BCUT2D eigenvalue weighted by Gasteiger charge is -2.48. The van der Waals surface area contributed by atoms with E-state index in [-0.39, 0.29) is 22.8 Å². The Morgan fingerprint density at radius 2 is 2.07 bits per heavy atom. The Kier molecular flexibility index (Phi) is 9.93. The van der Waals surface area contributed by atoms with Crippen LogP contribution in [-0.4, -0.2) is 52.0 Å². The lowest BCUT2D eigenvalue weighted by molar-refractivity contribution is -0.0350. The molecular formula is C36H45ClN2O5S. The summed E-state index contributed by atoms with van der Waals surface area (Å²) < 4.78 is 40.1. The van der Waals surface area contributed by atoms with Gasteiger partial charge in [0, 0.05) is 42.1 Å². The van der Waals surface area contributed by atoms with Gasteiger partial charge in [-0.05, 0) is 113 Å². The number of methoxy groups -OCH3 is 1. The predicted octanol–water partition coefficient (Wildman–Crippen LogP) is 6.68. The van der Waals surface area contributed by atoms with Crippen LogP contribution >= 0.6 is 11.6 Å². The topological polar surface area (TPSA) is 84.9 Å². The van der Waals surface area contributed by atoms with Crippen molar-refractivity contribution in [3.8, 4) is 17.6 Å². The number of nitrogens with one attached hydrogen (secondary N) is 1. The van der Waals surface area contributed by atoms with Gasteiger partial charge < -0.3 is 14.4 Å². The van der Waals surface area contributed by atoms with E-state index < -0.39 is 26.8 Å². The van der Waals surface area contributed by atoms with Crippen LogP contribution in [0, 0.1) is 23.7 Å². The minimum Gasteiger partial charge on any atom is -0.490 e. The Hall–Kier alpha value is -2.99. The Balaban J connectivity index is 1.55. The van der Waals surface area contributed by atoms with E-state index in [4.69, 9.17) is 21.1 Å². The molecule has 1 spiro atoms. The number of carbonyl (C=O) groups excluding carboxylic acids is 1. The molecule has 3 aliphatic rings. The van der Waals surface area contributed by atoms with Crippen LogP contribution in [0.3, 0.4) is 0 Å². The molecule has 1 amide bonds. The van der Waals surface area contributed by atoms with Crippen LogP contribution in [0.25, 0.3) is 0 Å². The van der Waals surface area contributed by atoms with Crippen LogP contribution in [0.1, 0.15) is 81.3 Å². The first-order valence-corrected chi connectivity index (χ1v) is 17.9. The van der Waals surface area contributed by atoms with Crippen LogP contribution in [-0.2, 0) is 26.6 Å². The molecule has 2 aromatic carbocycles. The number of halogens is 1. The molecule has 1 N–H and O–H groups in total. The molecule has 7 nitrogen and oxygen atoms in total. The highest BCUT2D eigenvalue weighted by Crippen LogP contribution is 2.48. The number of ether oxygens (including phenoxy) is 2. The number of sulfonamides is 1. The molecule has 1 fully saturated rings. The number of allylic oxidation sites excluding steroid dienone is 1.